The second-order valence-electron chi connectivity index (χ2n) is 7.54. The predicted molar refractivity (Wildman–Crippen MR) is 89.5 cm³/mol. The highest BCUT2D eigenvalue weighted by Gasteiger charge is 2.63. The molecule has 1 heterocycles. The topological polar surface area (TPSA) is 41.6 Å². The number of nitrogens with one attached hydrogen (secondary N) is 1. The zero-order valence-corrected chi connectivity index (χ0v) is 15.3. The lowest BCUT2D eigenvalue weighted by Gasteiger charge is -2.58. The van der Waals surface area contributed by atoms with Crippen molar-refractivity contribution >= 4 is 30.9 Å². The van der Waals surface area contributed by atoms with Gasteiger partial charge in [0.05, 0.1) is 5.60 Å². The van der Waals surface area contributed by atoms with Gasteiger partial charge in [0.2, 0.25) is 0 Å². The van der Waals surface area contributed by atoms with Crippen molar-refractivity contribution in [2.45, 2.75) is 37.7 Å². The highest BCUT2D eigenvalue weighted by Crippen LogP contribution is 2.67. The summed E-state index contributed by atoms with van der Waals surface area (Å²) in [6.07, 6.45) is 6.47. The van der Waals surface area contributed by atoms with Crippen molar-refractivity contribution in [2.75, 3.05) is 31.4 Å². The standard InChI is InChI=1S/C15H25Cl2N2O2P/c16-1-3-19(4-2-17)22(20)18-10-15(21-22)13-6-11-5-12(8-13)9-14(15)7-11/h11-14H,1-10H2,(H,18,20)/t11?,12?,13?,14?,15?,22-/m1/s1. The van der Waals surface area contributed by atoms with Gasteiger partial charge in [-0.1, -0.05) is 0 Å². The molecule has 1 saturated heterocycles. The molecule has 0 amide bonds. The minimum Gasteiger partial charge on any atom is -0.297 e. The Morgan fingerprint density at radius 1 is 1.05 bits per heavy atom. The van der Waals surface area contributed by atoms with Gasteiger partial charge in [0, 0.05) is 31.4 Å². The summed E-state index contributed by atoms with van der Waals surface area (Å²) >= 11 is 11.8. The largest absolute Gasteiger partial charge is 0.344 e. The number of hydrogen-bond acceptors (Lipinski definition) is 2. The molecule has 1 atom stereocenters. The van der Waals surface area contributed by atoms with Crippen molar-refractivity contribution in [3.05, 3.63) is 0 Å². The molecule has 0 radical (unpaired) electrons. The van der Waals surface area contributed by atoms with Crippen LogP contribution in [0.4, 0.5) is 0 Å². The van der Waals surface area contributed by atoms with Gasteiger partial charge in [-0.3, -0.25) is 9.09 Å². The number of hydrogen-bond donors (Lipinski definition) is 1. The van der Waals surface area contributed by atoms with Crippen LogP contribution in [0.15, 0.2) is 0 Å². The van der Waals surface area contributed by atoms with Gasteiger partial charge in [-0.2, -0.15) is 0 Å². The van der Waals surface area contributed by atoms with Gasteiger partial charge >= 0.3 is 7.67 Å². The van der Waals surface area contributed by atoms with Crippen LogP contribution in [0.3, 0.4) is 0 Å². The van der Waals surface area contributed by atoms with E-state index in [2.05, 4.69) is 5.09 Å². The summed E-state index contributed by atoms with van der Waals surface area (Å²) in [6.45, 7) is 1.84. The van der Waals surface area contributed by atoms with Gasteiger partial charge in [0.15, 0.2) is 0 Å². The summed E-state index contributed by atoms with van der Waals surface area (Å²) < 4.78 is 21.6. The Morgan fingerprint density at radius 2 is 1.59 bits per heavy atom. The summed E-state index contributed by atoms with van der Waals surface area (Å²) in [4.78, 5) is 0. The Bertz CT molecular complexity index is 456. The first-order valence-electron chi connectivity index (χ1n) is 8.53. The van der Waals surface area contributed by atoms with Crippen molar-refractivity contribution in [1.29, 1.82) is 0 Å². The normalized spacial score (nSPS) is 49.6. The van der Waals surface area contributed by atoms with Crippen LogP contribution in [0, 0.1) is 23.7 Å². The summed E-state index contributed by atoms with van der Waals surface area (Å²) in [5.74, 6) is 3.82. The smallest absolute Gasteiger partial charge is 0.297 e. The lowest BCUT2D eigenvalue weighted by atomic mass is 9.50. The minimum atomic E-state index is -2.99. The highest BCUT2D eigenvalue weighted by atomic mass is 35.5. The summed E-state index contributed by atoms with van der Waals surface area (Å²) in [5, 5.41) is 3.26. The van der Waals surface area contributed by atoms with E-state index >= 15 is 0 Å². The molecule has 4 saturated carbocycles. The fourth-order valence-electron chi connectivity index (χ4n) is 5.67. The molecule has 5 aliphatic rings. The van der Waals surface area contributed by atoms with E-state index in [0.29, 0.717) is 36.7 Å². The molecule has 1 spiro atoms. The third-order valence-corrected chi connectivity index (χ3v) is 9.05. The molecule has 4 aliphatic carbocycles. The number of nitrogens with zero attached hydrogens (tertiary/aromatic N) is 1. The molecule has 22 heavy (non-hydrogen) atoms. The van der Waals surface area contributed by atoms with Gasteiger partial charge in [0.1, 0.15) is 0 Å². The van der Waals surface area contributed by atoms with Gasteiger partial charge in [-0.25, -0.2) is 9.76 Å². The molecule has 5 rings (SSSR count). The van der Waals surface area contributed by atoms with Crippen molar-refractivity contribution < 1.29 is 9.09 Å². The van der Waals surface area contributed by atoms with Gasteiger partial charge in [-0.15, -0.1) is 23.2 Å². The SMILES string of the molecule is O=[P@]1(N(CCCl)CCCl)NCC2(O1)C1CC3CC(C1)CC2C3. The van der Waals surface area contributed by atoms with E-state index in [9.17, 15) is 4.57 Å². The summed E-state index contributed by atoms with van der Waals surface area (Å²) in [6, 6.07) is 0. The number of alkyl halides is 2. The van der Waals surface area contributed by atoms with Gasteiger partial charge in [0.25, 0.3) is 0 Å². The van der Waals surface area contributed by atoms with Crippen molar-refractivity contribution in [3.8, 4) is 0 Å². The summed E-state index contributed by atoms with van der Waals surface area (Å²) in [5.41, 5.74) is -0.195. The van der Waals surface area contributed by atoms with Crippen LogP contribution in [0.5, 0.6) is 0 Å². The zero-order chi connectivity index (χ0) is 15.4. The van der Waals surface area contributed by atoms with Crippen molar-refractivity contribution in [3.63, 3.8) is 0 Å². The fourth-order valence-corrected chi connectivity index (χ4v) is 8.69. The van der Waals surface area contributed by atoms with Crippen LogP contribution in [-0.2, 0) is 9.09 Å². The summed E-state index contributed by atoms with van der Waals surface area (Å²) in [7, 11) is -2.99. The van der Waals surface area contributed by atoms with Crippen LogP contribution < -0.4 is 5.09 Å². The monoisotopic (exact) mass is 366 g/mol. The average Bonchev–Trinajstić information content (AvgIpc) is 2.85. The maximum atomic E-state index is 13.4. The quantitative estimate of drug-likeness (QED) is 0.595. The Morgan fingerprint density at radius 3 is 2.09 bits per heavy atom. The second-order valence-corrected chi connectivity index (χ2v) is 10.4. The third-order valence-electron chi connectivity index (χ3n) is 6.43. The van der Waals surface area contributed by atoms with Crippen molar-refractivity contribution in [1.82, 2.24) is 9.76 Å². The first kappa shape index (κ1) is 16.2. The fraction of sp³-hybridized carbons (Fsp3) is 1.00. The molecule has 0 unspecified atom stereocenters. The molecular formula is C15H25Cl2N2O2P. The minimum absolute atomic E-state index is 0.195. The molecule has 7 heteroatoms. The third kappa shape index (κ3) is 2.41. The lowest BCUT2D eigenvalue weighted by Crippen LogP contribution is -2.59. The number of rotatable bonds is 5. The van der Waals surface area contributed by atoms with Crippen LogP contribution >= 0.6 is 30.9 Å². The first-order valence-corrected chi connectivity index (χ1v) is 11.2. The van der Waals surface area contributed by atoms with E-state index in [1.807, 2.05) is 4.67 Å². The van der Waals surface area contributed by atoms with E-state index in [-0.39, 0.29) is 5.60 Å². The highest BCUT2D eigenvalue weighted by molar-refractivity contribution is 7.54. The zero-order valence-electron chi connectivity index (χ0n) is 12.8. The average molecular weight is 367 g/mol. The molecule has 4 bridgehead atoms. The molecule has 1 aliphatic heterocycles. The van der Waals surface area contributed by atoms with E-state index < -0.39 is 7.67 Å². The predicted octanol–water partition coefficient (Wildman–Crippen LogP) is 3.69. The Hall–Kier alpha value is 0.690. The molecule has 5 fully saturated rings. The first-order chi connectivity index (χ1) is 10.6. The lowest BCUT2D eigenvalue weighted by molar-refractivity contribution is -0.141. The Balaban J connectivity index is 1.57. The molecule has 0 aromatic rings. The second kappa shape index (κ2) is 5.89. The van der Waals surface area contributed by atoms with E-state index in [1.165, 1.54) is 32.1 Å². The van der Waals surface area contributed by atoms with Crippen LogP contribution in [-0.4, -0.2) is 41.7 Å². The van der Waals surface area contributed by atoms with E-state index in [1.54, 1.807) is 0 Å². The molecule has 4 nitrogen and oxygen atoms in total. The van der Waals surface area contributed by atoms with Gasteiger partial charge < -0.3 is 0 Å². The van der Waals surface area contributed by atoms with Gasteiger partial charge in [-0.05, 0) is 55.8 Å². The van der Waals surface area contributed by atoms with E-state index in [4.69, 9.17) is 27.7 Å². The van der Waals surface area contributed by atoms with Crippen LogP contribution in [0.2, 0.25) is 0 Å². The number of halogens is 2. The molecule has 1 N–H and O–H groups in total. The molecular weight excluding hydrogens is 342 g/mol. The maximum absolute atomic E-state index is 13.4. The van der Waals surface area contributed by atoms with E-state index in [0.717, 1.165) is 18.4 Å². The molecule has 126 valence electrons. The Labute approximate surface area is 142 Å². The van der Waals surface area contributed by atoms with Crippen LogP contribution in [0.25, 0.3) is 0 Å². The van der Waals surface area contributed by atoms with Crippen molar-refractivity contribution in [2.24, 2.45) is 23.7 Å². The maximum Gasteiger partial charge on any atom is 0.344 e. The van der Waals surface area contributed by atoms with Crippen LogP contribution in [0.1, 0.15) is 32.1 Å². The molecule has 0 aromatic heterocycles. The Kier molecular flexibility index (Phi) is 4.33. The molecule has 0 aromatic carbocycles.